The molecule has 2 rings (SSSR count). The van der Waals surface area contributed by atoms with Crippen molar-refractivity contribution >= 4 is 17.1 Å². The van der Waals surface area contributed by atoms with Crippen LogP contribution in [0.25, 0.3) is 11.2 Å². The Hall–Kier alpha value is -1.92. The molecule has 0 aliphatic heterocycles. The van der Waals surface area contributed by atoms with Gasteiger partial charge in [-0.1, -0.05) is 13.8 Å². The second kappa shape index (κ2) is 3.68. The zero-order valence-corrected chi connectivity index (χ0v) is 8.53. The van der Waals surface area contributed by atoms with Crippen LogP contribution in [0, 0.1) is 5.92 Å². The molecule has 0 aliphatic carbocycles. The molecule has 2 aromatic rings. The molecule has 0 amide bonds. The highest BCUT2D eigenvalue weighted by atomic mass is 16.1. The van der Waals surface area contributed by atoms with E-state index >= 15 is 0 Å². The van der Waals surface area contributed by atoms with Gasteiger partial charge >= 0.3 is 0 Å². The lowest BCUT2D eigenvalue weighted by Gasteiger charge is -2.06. The van der Waals surface area contributed by atoms with Gasteiger partial charge < -0.3 is 5.32 Å². The maximum absolute atomic E-state index is 11.4. The Morgan fingerprint density at radius 2 is 2.20 bits per heavy atom. The summed E-state index contributed by atoms with van der Waals surface area (Å²) in [4.78, 5) is 18.1. The number of aromatic nitrogens is 5. The van der Waals surface area contributed by atoms with Crippen LogP contribution in [0.3, 0.4) is 0 Å². The zero-order chi connectivity index (χ0) is 10.8. The van der Waals surface area contributed by atoms with Crippen molar-refractivity contribution in [1.29, 1.82) is 0 Å². The van der Waals surface area contributed by atoms with Crippen molar-refractivity contribution in [3.8, 4) is 0 Å². The highest BCUT2D eigenvalue weighted by Gasteiger charge is 2.06. The molecule has 7 nitrogen and oxygen atoms in total. The van der Waals surface area contributed by atoms with E-state index in [4.69, 9.17) is 0 Å². The van der Waals surface area contributed by atoms with Gasteiger partial charge in [-0.3, -0.25) is 9.78 Å². The monoisotopic (exact) mass is 208 g/mol. The Bertz CT molecular complexity index is 513. The maximum Gasteiger partial charge on any atom is 0.282 e. The normalized spacial score (nSPS) is 11.1. The van der Waals surface area contributed by atoms with Gasteiger partial charge in [0.15, 0.2) is 5.52 Å². The minimum absolute atomic E-state index is 0.227. The first-order valence-corrected chi connectivity index (χ1v) is 4.71. The number of rotatable bonds is 3. The SMILES string of the molecule is CC(C)CNc1nc2n[nH]nc2c(=O)[nH]1. The van der Waals surface area contributed by atoms with Crippen molar-refractivity contribution in [2.45, 2.75) is 13.8 Å². The Morgan fingerprint density at radius 3 is 2.93 bits per heavy atom. The first-order chi connectivity index (χ1) is 7.16. The van der Waals surface area contributed by atoms with Crippen LogP contribution in [0.5, 0.6) is 0 Å². The minimum atomic E-state index is -0.292. The molecule has 0 aliphatic rings. The molecule has 80 valence electrons. The van der Waals surface area contributed by atoms with Crippen LogP contribution in [0.4, 0.5) is 5.95 Å². The molecule has 3 N–H and O–H groups in total. The highest BCUT2D eigenvalue weighted by Crippen LogP contribution is 2.02. The molecule has 7 heteroatoms. The molecule has 0 unspecified atom stereocenters. The molecular weight excluding hydrogens is 196 g/mol. The van der Waals surface area contributed by atoms with Gasteiger partial charge in [0.2, 0.25) is 11.6 Å². The highest BCUT2D eigenvalue weighted by molar-refractivity contribution is 5.68. The van der Waals surface area contributed by atoms with E-state index in [1.807, 2.05) is 0 Å². The van der Waals surface area contributed by atoms with Gasteiger partial charge in [-0.05, 0) is 5.92 Å². The number of H-pyrrole nitrogens is 2. The predicted octanol–water partition coefficient (Wildman–Crippen LogP) is 0.109. The summed E-state index contributed by atoms with van der Waals surface area (Å²) in [5.41, 5.74) is 0.259. The fourth-order valence-electron chi connectivity index (χ4n) is 1.14. The van der Waals surface area contributed by atoms with Crippen molar-refractivity contribution in [1.82, 2.24) is 25.4 Å². The lowest BCUT2D eigenvalue weighted by Crippen LogP contribution is -2.16. The zero-order valence-electron chi connectivity index (χ0n) is 8.53. The molecule has 2 heterocycles. The average molecular weight is 208 g/mol. The van der Waals surface area contributed by atoms with Crippen molar-refractivity contribution in [3.05, 3.63) is 10.4 Å². The number of nitrogens with zero attached hydrogens (tertiary/aromatic N) is 3. The van der Waals surface area contributed by atoms with E-state index in [2.05, 4.69) is 44.5 Å². The van der Waals surface area contributed by atoms with E-state index in [0.717, 1.165) is 6.54 Å². The van der Waals surface area contributed by atoms with E-state index in [-0.39, 0.29) is 11.1 Å². The lowest BCUT2D eigenvalue weighted by molar-refractivity contribution is 0.684. The molecule has 0 saturated heterocycles. The molecule has 0 radical (unpaired) electrons. The van der Waals surface area contributed by atoms with Crippen molar-refractivity contribution in [2.75, 3.05) is 11.9 Å². The molecular formula is C8H12N6O. The summed E-state index contributed by atoms with van der Waals surface area (Å²) in [7, 11) is 0. The first-order valence-electron chi connectivity index (χ1n) is 4.71. The van der Waals surface area contributed by atoms with Crippen LogP contribution in [-0.2, 0) is 0 Å². The van der Waals surface area contributed by atoms with Gasteiger partial charge in [-0.15, -0.1) is 10.2 Å². The fourth-order valence-corrected chi connectivity index (χ4v) is 1.14. The molecule has 0 aromatic carbocycles. The summed E-state index contributed by atoms with van der Waals surface area (Å²) in [5.74, 6) is 0.901. The van der Waals surface area contributed by atoms with Crippen LogP contribution < -0.4 is 10.9 Å². The lowest BCUT2D eigenvalue weighted by atomic mass is 10.2. The minimum Gasteiger partial charge on any atom is -0.355 e. The average Bonchev–Trinajstić information content (AvgIpc) is 2.63. The first kappa shape index (κ1) is 9.63. The van der Waals surface area contributed by atoms with Gasteiger partial charge in [0, 0.05) is 6.54 Å². The molecule has 0 fully saturated rings. The second-order valence-electron chi connectivity index (χ2n) is 3.69. The Morgan fingerprint density at radius 1 is 1.40 bits per heavy atom. The van der Waals surface area contributed by atoms with E-state index < -0.39 is 0 Å². The summed E-state index contributed by atoms with van der Waals surface area (Å²) < 4.78 is 0. The Balaban J connectivity index is 2.33. The third-order valence-corrected chi connectivity index (χ3v) is 1.87. The summed E-state index contributed by atoms with van der Waals surface area (Å²) in [6.07, 6.45) is 0. The van der Waals surface area contributed by atoms with Crippen molar-refractivity contribution in [2.24, 2.45) is 5.92 Å². The van der Waals surface area contributed by atoms with E-state index in [1.54, 1.807) is 0 Å². The molecule has 2 aromatic heterocycles. The van der Waals surface area contributed by atoms with Crippen molar-refractivity contribution in [3.63, 3.8) is 0 Å². The van der Waals surface area contributed by atoms with Gasteiger partial charge in [0.05, 0.1) is 0 Å². The largest absolute Gasteiger partial charge is 0.355 e. The number of hydrogen-bond acceptors (Lipinski definition) is 5. The van der Waals surface area contributed by atoms with E-state index in [0.29, 0.717) is 17.5 Å². The number of anilines is 1. The fraction of sp³-hybridized carbons (Fsp3) is 0.500. The third kappa shape index (κ3) is 1.95. The van der Waals surface area contributed by atoms with E-state index in [1.165, 1.54) is 0 Å². The number of hydrogen-bond donors (Lipinski definition) is 3. The summed E-state index contributed by atoms with van der Waals surface area (Å²) in [6.45, 7) is 4.88. The molecule has 0 saturated carbocycles. The predicted molar refractivity (Wildman–Crippen MR) is 55.6 cm³/mol. The number of fused-ring (bicyclic) bond motifs is 1. The summed E-state index contributed by atoms with van der Waals surface area (Å²) in [6, 6.07) is 0. The quantitative estimate of drug-likeness (QED) is 0.664. The van der Waals surface area contributed by atoms with Gasteiger partial charge in [0.25, 0.3) is 5.56 Å². The van der Waals surface area contributed by atoms with Crippen LogP contribution in [-0.4, -0.2) is 31.9 Å². The summed E-state index contributed by atoms with van der Waals surface area (Å²) in [5, 5.41) is 12.8. The molecule has 15 heavy (non-hydrogen) atoms. The van der Waals surface area contributed by atoms with Crippen LogP contribution in [0.1, 0.15) is 13.8 Å². The molecule has 0 bridgehead atoms. The number of aromatic amines is 2. The van der Waals surface area contributed by atoms with Gasteiger partial charge in [-0.25, -0.2) is 0 Å². The molecule has 0 atom stereocenters. The van der Waals surface area contributed by atoms with Gasteiger partial charge in [0.1, 0.15) is 0 Å². The smallest absolute Gasteiger partial charge is 0.282 e. The van der Waals surface area contributed by atoms with Gasteiger partial charge in [-0.2, -0.15) is 10.2 Å². The summed E-state index contributed by atoms with van der Waals surface area (Å²) >= 11 is 0. The molecule has 0 spiro atoms. The number of nitrogens with one attached hydrogen (secondary N) is 3. The Kier molecular flexibility index (Phi) is 2.36. The van der Waals surface area contributed by atoms with E-state index in [9.17, 15) is 4.79 Å². The topological polar surface area (TPSA) is 99.3 Å². The van der Waals surface area contributed by atoms with Crippen LogP contribution >= 0.6 is 0 Å². The third-order valence-electron chi connectivity index (χ3n) is 1.87. The maximum atomic E-state index is 11.4. The van der Waals surface area contributed by atoms with Crippen molar-refractivity contribution < 1.29 is 0 Å². The Labute approximate surface area is 85.3 Å². The standard InChI is InChI=1S/C8H12N6O/c1-4(2)3-9-8-10-6-5(7(15)11-8)12-14-13-6/h4H,3H2,1-2H3,(H3,9,10,11,12,13,14,15). The van der Waals surface area contributed by atoms with Crippen LogP contribution in [0.2, 0.25) is 0 Å². The second-order valence-corrected chi connectivity index (χ2v) is 3.69. The van der Waals surface area contributed by atoms with Crippen LogP contribution in [0.15, 0.2) is 4.79 Å².